The molecule has 1 aliphatic rings. The van der Waals surface area contributed by atoms with Gasteiger partial charge in [-0.3, -0.25) is 4.79 Å². The number of anilines is 1. The standard InChI is InChI=1S/C17H25N3O4/c1-11-4-5-14(6-12(11)2)20-8-13(7-15(20)23)18-16(24)19-17(3,9-21)10-22/h4-6,13,21-22H,7-10H2,1-3H3,(H2,18,19,24)/t13-/m0/s1. The summed E-state index contributed by atoms with van der Waals surface area (Å²) in [4.78, 5) is 25.9. The summed E-state index contributed by atoms with van der Waals surface area (Å²) in [5, 5.41) is 23.7. The lowest BCUT2D eigenvalue weighted by Crippen LogP contribution is -2.56. The van der Waals surface area contributed by atoms with Crippen LogP contribution in [0.2, 0.25) is 0 Å². The second-order valence-electron chi connectivity index (χ2n) is 6.65. The Morgan fingerprint density at radius 1 is 1.29 bits per heavy atom. The molecule has 0 spiro atoms. The van der Waals surface area contributed by atoms with Crippen LogP contribution in [0.15, 0.2) is 18.2 Å². The van der Waals surface area contributed by atoms with E-state index < -0.39 is 11.6 Å². The van der Waals surface area contributed by atoms with E-state index in [2.05, 4.69) is 10.6 Å². The van der Waals surface area contributed by atoms with E-state index in [9.17, 15) is 19.8 Å². The molecular weight excluding hydrogens is 310 g/mol. The molecule has 7 nitrogen and oxygen atoms in total. The smallest absolute Gasteiger partial charge is 0.315 e. The number of carbonyl (C=O) groups is 2. The Kier molecular flexibility index (Phi) is 5.46. The highest BCUT2D eigenvalue weighted by molar-refractivity contribution is 5.97. The molecule has 1 fully saturated rings. The van der Waals surface area contributed by atoms with Crippen molar-refractivity contribution in [2.75, 3.05) is 24.7 Å². The fourth-order valence-electron chi connectivity index (χ4n) is 2.57. The zero-order valence-electron chi connectivity index (χ0n) is 14.3. The van der Waals surface area contributed by atoms with Crippen LogP contribution in [-0.2, 0) is 4.79 Å². The van der Waals surface area contributed by atoms with Crippen LogP contribution >= 0.6 is 0 Å². The first kappa shape index (κ1) is 18.2. The van der Waals surface area contributed by atoms with Crippen molar-refractivity contribution < 1.29 is 19.8 Å². The second kappa shape index (κ2) is 7.19. The summed E-state index contributed by atoms with van der Waals surface area (Å²) in [6.07, 6.45) is 0.218. The highest BCUT2D eigenvalue weighted by Gasteiger charge is 2.33. The lowest BCUT2D eigenvalue weighted by atomic mass is 10.1. The quantitative estimate of drug-likeness (QED) is 0.627. The Labute approximate surface area is 141 Å². The fourth-order valence-corrected chi connectivity index (χ4v) is 2.57. The van der Waals surface area contributed by atoms with Gasteiger partial charge in [0.25, 0.3) is 0 Å². The normalized spacial score (nSPS) is 18.0. The van der Waals surface area contributed by atoms with Crippen LogP contribution in [0, 0.1) is 13.8 Å². The Balaban J connectivity index is 1.99. The topological polar surface area (TPSA) is 102 Å². The number of nitrogens with one attached hydrogen (secondary N) is 2. The zero-order valence-corrected chi connectivity index (χ0v) is 14.3. The average Bonchev–Trinajstić information content (AvgIpc) is 2.90. The zero-order chi connectivity index (χ0) is 17.9. The van der Waals surface area contributed by atoms with Crippen LogP contribution in [-0.4, -0.2) is 53.5 Å². The number of hydrogen-bond acceptors (Lipinski definition) is 4. The van der Waals surface area contributed by atoms with Gasteiger partial charge in [-0.15, -0.1) is 0 Å². The average molecular weight is 335 g/mol. The molecule has 1 aliphatic heterocycles. The minimum absolute atomic E-state index is 0.0457. The molecule has 7 heteroatoms. The van der Waals surface area contributed by atoms with Crippen molar-refractivity contribution in [1.29, 1.82) is 0 Å². The van der Waals surface area contributed by atoms with Crippen LogP contribution < -0.4 is 15.5 Å². The van der Waals surface area contributed by atoms with Gasteiger partial charge in [-0.05, 0) is 44.0 Å². The van der Waals surface area contributed by atoms with Crippen molar-refractivity contribution in [3.8, 4) is 0 Å². The summed E-state index contributed by atoms with van der Waals surface area (Å²) in [6.45, 7) is 5.17. The maximum absolute atomic E-state index is 12.2. The summed E-state index contributed by atoms with van der Waals surface area (Å²) in [5.74, 6) is -0.0457. The first-order chi connectivity index (χ1) is 11.3. The van der Waals surface area contributed by atoms with Gasteiger partial charge >= 0.3 is 6.03 Å². The van der Waals surface area contributed by atoms with Crippen molar-refractivity contribution in [1.82, 2.24) is 10.6 Å². The van der Waals surface area contributed by atoms with E-state index in [0.717, 1.165) is 16.8 Å². The van der Waals surface area contributed by atoms with E-state index in [1.807, 2.05) is 32.0 Å². The predicted molar refractivity (Wildman–Crippen MR) is 90.9 cm³/mol. The number of benzene rings is 1. The molecule has 1 aromatic carbocycles. The fraction of sp³-hybridized carbons (Fsp3) is 0.529. The number of urea groups is 1. The van der Waals surface area contributed by atoms with Gasteiger partial charge in [0.2, 0.25) is 5.91 Å². The van der Waals surface area contributed by atoms with Gasteiger partial charge in [-0.1, -0.05) is 6.07 Å². The van der Waals surface area contributed by atoms with Gasteiger partial charge in [0.15, 0.2) is 0 Å². The maximum Gasteiger partial charge on any atom is 0.315 e. The number of hydrogen-bond donors (Lipinski definition) is 4. The highest BCUT2D eigenvalue weighted by Crippen LogP contribution is 2.24. The molecule has 0 unspecified atom stereocenters. The first-order valence-corrected chi connectivity index (χ1v) is 7.96. The molecule has 1 heterocycles. The number of aliphatic hydroxyl groups excluding tert-OH is 2. The van der Waals surface area contributed by atoms with E-state index in [0.29, 0.717) is 6.54 Å². The van der Waals surface area contributed by atoms with Crippen LogP contribution in [0.3, 0.4) is 0 Å². The van der Waals surface area contributed by atoms with E-state index >= 15 is 0 Å². The molecular formula is C17H25N3O4. The molecule has 0 aliphatic carbocycles. The minimum Gasteiger partial charge on any atom is -0.394 e. The third-order valence-corrected chi connectivity index (χ3v) is 4.38. The first-order valence-electron chi connectivity index (χ1n) is 7.96. The summed E-state index contributed by atoms with van der Waals surface area (Å²) >= 11 is 0. The largest absolute Gasteiger partial charge is 0.394 e. The lowest BCUT2D eigenvalue weighted by molar-refractivity contribution is -0.117. The van der Waals surface area contributed by atoms with Crippen LogP contribution in [0.5, 0.6) is 0 Å². The summed E-state index contributed by atoms with van der Waals surface area (Å²) < 4.78 is 0. The molecule has 0 aromatic heterocycles. The van der Waals surface area contributed by atoms with Crippen molar-refractivity contribution in [2.45, 2.75) is 38.8 Å². The van der Waals surface area contributed by atoms with Gasteiger partial charge in [0, 0.05) is 18.7 Å². The van der Waals surface area contributed by atoms with Crippen molar-refractivity contribution in [2.24, 2.45) is 0 Å². The Bertz CT molecular complexity index is 628. The molecule has 132 valence electrons. The van der Waals surface area contributed by atoms with Gasteiger partial charge in [0.05, 0.1) is 24.8 Å². The number of nitrogens with zero attached hydrogens (tertiary/aromatic N) is 1. The molecule has 0 bridgehead atoms. The number of aryl methyl sites for hydroxylation is 2. The van der Waals surface area contributed by atoms with Crippen LogP contribution in [0.4, 0.5) is 10.5 Å². The molecule has 0 saturated carbocycles. The van der Waals surface area contributed by atoms with E-state index in [-0.39, 0.29) is 31.6 Å². The SMILES string of the molecule is Cc1ccc(N2C[C@@H](NC(=O)NC(C)(CO)CO)CC2=O)cc1C. The predicted octanol–water partition coefficient (Wildman–Crippen LogP) is 0.451. The lowest BCUT2D eigenvalue weighted by Gasteiger charge is -2.27. The minimum atomic E-state index is -1.10. The van der Waals surface area contributed by atoms with E-state index in [1.54, 1.807) is 4.90 Å². The molecule has 3 amide bonds. The van der Waals surface area contributed by atoms with E-state index in [1.165, 1.54) is 6.92 Å². The third kappa shape index (κ3) is 4.04. The monoisotopic (exact) mass is 335 g/mol. The second-order valence-corrected chi connectivity index (χ2v) is 6.65. The van der Waals surface area contributed by atoms with Crippen LogP contribution in [0.1, 0.15) is 24.5 Å². The molecule has 24 heavy (non-hydrogen) atoms. The van der Waals surface area contributed by atoms with Crippen LogP contribution in [0.25, 0.3) is 0 Å². The molecule has 2 rings (SSSR count). The summed E-state index contributed by atoms with van der Waals surface area (Å²) in [7, 11) is 0. The maximum atomic E-state index is 12.2. The number of rotatable bonds is 5. The molecule has 4 N–H and O–H groups in total. The third-order valence-electron chi connectivity index (χ3n) is 4.38. The number of aliphatic hydroxyl groups is 2. The Morgan fingerprint density at radius 3 is 2.54 bits per heavy atom. The number of carbonyl (C=O) groups excluding carboxylic acids is 2. The molecule has 1 atom stereocenters. The number of amides is 3. The summed E-state index contributed by atoms with van der Waals surface area (Å²) in [6, 6.07) is 5.00. The molecule has 1 aromatic rings. The Morgan fingerprint density at radius 2 is 1.96 bits per heavy atom. The molecule has 0 radical (unpaired) electrons. The van der Waals surface area contributed by atoms with Gasteiger partial charge in [-0.25, -0.2) is 4.79 Å². The van der Waals surface area contributed by atoms with Gasteiger partial charge < -0.3 is 25.7 Å². The Hall–Kier alpha value is -2.12. The van der Waals surface area contributed by atoms with Crippen molar-refractivity contribution in [3.63, 3.8) is 0 Å². The van der Waals surface area contributed by atoms with Gasteiger partial charge in [0.1, 0.15) is 0 Å². The highest BCUT2D eigenvalue weighted by atomic mass is 16.3. The van der Waals surface area contributed by atoms with Crippen molar-refractivity contribution >= 4 is 17.6 Å². The van der Waals surface area contributed by atoms with Gasteiger partial charge in [-0.2, -0.15) is 0 Å². The molecule has 1 saturated heterocycles. The van der Waals surface area contributed by atoms with Crippen molar-refractivity contribution in [3.05, 3.63) is 29.3 Å². The summed E-state index contributed by atoms with van der Waals surface area (Å²) in [5.41, 5.74) is 1.99. The van der Waals surface area contributed by atoms with E-state index in [4.69, 9.17) is 0 Å².